The van der Waals surface area contributed by atoms with Gasteiger partial charge in [0.25, 0.3) is 6.01 Å². The summed E-state index contributed by atoms with van der Waals surface area (Å²) in [7, 11) is -0.276. The van der Waals surface area contributed by atoms with E-state index in [-0.39, 0.29) is 12.6 Å². The molecule has 0 aromatic carbocycles. The minimum atomic E-state index is -1.89. The summed E-state index contributed by atoms with van der Waals surface area (Å²) >= 11 is 0. The van der Waals surface area contributed by atoms with Gasteiger partial charge in [-0.3, -0.25) is 0 Å². The minimum Gasteiger partial charge on any atom is -0.484 e. The van der Waals surface area contributed by atoms with Gasteiger partial charge in [0.2, 0.25) is 0 Å². The van der Waals surface area contributed by atoms with E-state index in [4.69, 9.17) is 15.2 Å². The Morgan fingerprint density at radius 2 is 2.33 bits per heavy atom. The van der Waals surface area contributed by atoms with Crippen molar-refractivity contribution in [2.45, 2.75) is 6.61 Å². The number of aryl methyl sites for hydroxylation is 1. The number of aliphatic hydroxyl groups is 1. The Bertz CT molecular complexity index is 262. The van der Waals surface area contributed by atoms with Crippen molar-refractivity contribution in [1.82, 2.24) is 9.55 Å². The fourth-order valence-electron chi connectivity index (χ4n) is 0.789. The van der Waals surface area contributed by atoms with Gasteiger partial charge in [-0.1, -0.05) is 0 Å². The Morgan fingerprint density at radius 1 is 1.67 bits per heavy atom. The van der Waals surface area contributed by atoms with Gasteiger partial charge in [0.1, 0.15) is 0 Å². The lowest BCUT2D eigenvalue weighted by molar-refractivity contribution is 0.267. The van der Waals surface area contributed by atoms with Crippen LogP contribution in [0.4, 0.5) is 0 Å². The maximum Gasteiger partial charge on any atom is 0.709 e. The summed E-state index contributed by atoms with van der Waals surface area (Å²) in [6.45, 7) is -0.210. The number of aliphatic hydroxyl groups excluding tert-OH is 1. The Balaban J connectivity index is 2.77. The van der Waals surface area contributed by atoms with E-state index in [0.29, 0.717) is 5.69 Å². The van der Waals surface area contributed by atoms with E-state index in [1.54, 1.807) is 7.05 Å². The Hall–Kier alpha value is -1.05. The van der Waals surface area contributed by atoms with Crippen LogP contribution in [0.1, 0.15) is 5.69 Å². The molecule has 0 saturated carbocycles. The number of hydrogen-bond acceptors (Lipinski definition) is 5. The van der Waals surface area contributed by atoms with Crippen LogP contribution < -0.4 is 4.65 Å². The number of nitrogens with zero attached hydrogens (tertiary/aromatic N) is 2. The fourth-order valence-corrected chi connectivity index (χ4v) is 0.789. The molecule has 0 aliphatic rings. The molecule has 0 unspecified atom stereocenters. The molecule has 0 amide bonds. The number of aromatic nitrogens is 2. The molecule has 0 aliphatic carbocycles. The topological polar surface area (TPSA) is 87.7 Å². The molecular formula is C5H9BN2O4. The van der Waals surface area contributed by atoms with E-state index < -0.39 is 7.32 Å². The van der Waals surface area contributed by atoms with Gasteiger partial charge >= 0.3 is 7.32 Å². The van der Waals surface area contributed by atoms with Crippen LogP contribution in [0.5, 0.6) is 6.01 Å². The van der Waals surface area contributed by atoms with Crippen LogP contribution in [0.15, 0.2) is 6.20 Å². The van der Waals surface area contributed by atoms with E-state index in [0.717, 1.165) is 0 Å². The van der Waals surface area contributed by atoms with Crippen molar-refractivity contribution in [3.8, 4) is 6.01 Å². The summed E-state index contributed by atoms with van der Waals surface area (Å²) in [5.41, 5.74) is 0.410. The molecule has 1 aromatic rings. The SMILES string of the molecule is Cn1cc(CO)nc1OB(O)O. The smallest absolute Gasteiger partial charge is 0.484 e. The zero-order chi connectivity index (χ0) is 9.14. The molecule has 0 atom stereocenters. The van der Waals surface area contributed by atoms with Gasteiger partial charge in [-0.2, -0.15) is 4.98 Å². The number of hydrogen-bond donors (Lipinski definition) is 3. The minimum absolute atomic E-state index is 0.0500. The maximum atomic E-state index is 8.65. The van der Waals surface area contributed by atoms with Crippen molar-refractivity contribution >= 4 is 7.32 Å². The highest BCUT2D eigenvalue weighted by Gasteiger charge is 2.15. The second-order valence-electron chi connectivity index (χ2n) is 2.23. The highest BCUT2D eigenvalue weighted by Crippen LogP contribution is 2.09. The molecular weight excluding hydrogens is 163 g/mol. The van der Waals surface area contributed by atoms with Crippen molar-refractivity contribution in [2.75, 3.05) is 0 Å². The van der Waals surface area contributed by atoms with Crippen LogP contribution >= 0.6 is 0 Å². The lowest BCUT2D eigenvalue weighted by atomic mass is 10.3. The summed E-state index contributed by atoms with van der Waals surface area (Å²) in [6.07, 6.45) is 1.53. The second-order valence-corrected chi connectivity index (χ2v) is 2.23. The van der Waals surface area contributed by atoms with Crippen LogP contribution in [0.25, 0.3) is 0 Å². The molecule has 7 heteroatoms. The monoisotopic (exact) mass is 172 g/mol. The van der Waals surface area contributed by atoms with Crippen molar-refractivity contribution in [1.29, 1.82) is 0 Å². The third-order valence-corrected chi connectivity index (χ3v) is 1.26. The summed E-state index contributed by atoms with van der Waals surface area (Å²) in [5, 5.41) is 25.5. The highest BCUT2D eigenvalue weighted by atomic mass is 16.6. The van der Waals surface area contributed by atoms with E-state index in [9.17, 15) is 0 Å². The molecule has 0 spiro atoms. The predicted molar refractivity (Wildman–Crippen MR) is 40.0 cm³/mol. The summed E-state index contributed by atoms with van der Waals surface area (Å²) in [5.74, 6) is 0. The van der Waals surface area contributed by atoms with Gasteiger partial charge in [0.15, 0.2) is 0 Å². The summed E-state index contributed by atoms with van der Waals surface area (Å²) in [4.78, 5) is 3.74. The first-order chi connectivity index (χ1) is 5.63. The quantitative estimate of drug-likeness (QED) is 0.471. The van der Waals surface area contributed by atoms with Crippen molar-refractivity contribution < 1.29 is 19.8 Å². The van der Waals surface area contributed by atoms with Crippen LogP contribution in [-0.2, 0) is 13.7 Å². The van der Waals surface area contributed by atoms with E-state index >= 15 is 0 Å². The molecule has 0 saturated heterocycles. The number of imidazole rings is 1. The third-order valence-electron chi connectivity index (χ3n) is 1.26. The van der Waals surface area contributed by atoms with Crippen LogP contribution in [0, 0.1) is 0 Å². The Kier molecular flexibility index (Phi) is 2.69. The molecule has 1 aromatic heterocycles. The number of rotatable bonds is 3. The Labute approximate surface area is 69.2 Å². The largest absolute Gasteiger partial charge is 0.709 e. The summed E-state index contributed by atoms with van der Waals surface area (Å²) in [6, 6.07) is 0.0500. The van der Waals surface area contributed by atoms with Crippen molar-refractivity contribution in [3.63, 3.8) is 0 Å². The molecule has 12 heavy (non-hydrogen) atoms. The Morgan fingerprint density at radius 3 is 2.75 bits per heavy atom. The molecule has 0 radical (unpaired) electrons. The lowest BCUT2D eigenvalue weighted by Gasteiger charge is -2.01. The molecule has 1 rings (SSSR count). The molecule has 3 N–H and O–H groups in total. The molecule has 0 fully saturated rings. The lowest BCUT2D eigenvalue weighted by Crippen LogP contribution is -2.22. The predicted octanol–water partition coefficient (Wildman–Crippen LogP) is -1.74. The average molecular weight is 172 g/mol. The van der Waals surface area contributed by atoms with Gasteiger partial charge in [-0.15, -0.1) is 0 Å². The van der Waals surface area contributed by atoms with E-state index in [1.165, 1.54) is 10.8 Å². The van der Waals surface area contributed by atoms with Crippen molar-refractivity contribution in [3.05, 3.63) is 11.9 Å². The first-order valence-electron chi connectivity index (χ1n) is 3.29. The van der Waals surface area contributed by atoms with E-state index in [2.05, 4.69) is 9.64 Å². The second kappa shape index (κ2) is 3.57. The van der Waals surface area contributed by atoms with Gasteiger partial charge in [0, 0.05) is 13.2 Å². The fraction of sp³-hybridized carbons (Fsp3) is 0.400. The maximum absolute atomic E-state index is 8.65. The first-order valence-corrected chi connectivity index (χ1v) is 3.29. The standard InChI is InChI=1S/C5H9BN2O4/c1-8-2-4(3-9)7-5(8)12-6(10)11/h2,9-11H,3H2,1H3. The van der Waals surface area contributed by atoms with Gasteiger partial charge in [-0.05, 0) is 0 Å². The van der Waals surface area contributed by atoms with Gasteiger partial charge in [0.05, 0.1) is 12.3 Å². The molecule has 66 valence electrons. The highest BCUT2D eigenvalue weighted by molar-refractivity contribution is 6.33. The zero-order valence-electron chi connectivity index (χ0n) is 6.51. The summed E-state index contributed by atoms with van der Waals surface area (Å²) < 4.78 is 5.91. The van der Waals surface area contributed by atoms with Crippen molar-refractivity contribution in [2.24, 2.45) is 7.05 Å². The normalized spacial score (nSPS) is 10.0. The van der Waals surface area contributed by atoms with Gasteiger partial charge < -0.3 is 24.4 Å². The molecule has 1 heterocycles. The van der Waals surface area contributed by atoms with Crippen LogP contribution in [0.3, 0.4) is 0 Å². The average Bonchev–Trinajstić information content (AvgIpc) is 2.31. The zero-order valence-corrected chi connectivity index (χ0v) is 6.51. The molecule has 6 nitrogen and oxygen atoms in total. The molecule has 0 aliphatic heterocycles. The van der Waals surface area contributed by atoms with Gasteiger partial charge in [-0.25, -0.2) is 0 Å². The van der Waals surface area contributed by atoms with Crippen LogP contribution in [0.2, 0.25) is 0 Å². The third kappa shape index (κ3) is 1.97. The molecule has 0 bridgehead atoms. The van der Waals surface area contributed by atoms with Crippen LogP contribution in [-0.4, -0.2) is 32.0 Å². The van der Waals surface area contributed by atoms with E-state index in [1.807, 2.05) is 0 Å². The first kappa shape index (κ1) is 9.05.